The normalized spacial score (nSPS) is 23.5. The quantitative estimate of drug-likeness (QED) is 0.857. The highest BCUT2D eigenvalue weighted by molar-refractivity contribution is 6.02. The molecule has 0 spiro atoms. The Labute approximate surface area is 142 Å². The molecule has 2 amide bonds. The number of nitrogens with zero attached hydrogens (tertiary/aromatic N) is 1. The van der Waals surface area contributed by atoms with E-state index < -0.39 is 6.04 Å². The van der Waals surface area contributed by atoms with Crippen LogP contribution >= 0.6 is 12.4 Å². The third-order valence-corrected chi connectivity index (χ3v) is 4.33. The van der Waals surface area contributed by atoms with Gasteiger partial charge in [-0.2, -0.15) is 0 Å². The van der Waals surface area contributed by atoms with Gasteiger partial charge in [-0.1, -0.05) is 12.1 Å². The average Bonchev–Trinajstić information content (AvgIpc) is 3.18. The first-order chi connectivity index (χ1) is 10.7. The van der Waals surface area contributed by atoms with E-state index in [-0.39, 0.29) is 30.1 Å². The zero-order valence-corrected chi connectivity index (χ0v) is 13.9. The van der Waals surface area contributed by atoms with E-state index in [0.29, 0.717) is 25.3 Å². The number of ether oxygens (including phenoxy) is 1. The van der Waals surface area contributed by atoms with E-state index >= 15 is 0 Å². The molecule has 2 aliphatic heterocycles. The number of hydrogen-bond donors (Lipinski definition) is 2. The lowest BCUT2D eigenvalue weighted by atomic mass is 10.1. The Kier molecular flexibility index (Phi) is 5.85. The number of halogens is 1. The Hall–Kier alpha value is -1.79. The van der Waals surface area contributed by atoms with Gasteiger partial charge in [0.2, 0.25) is 11.8 Å². The minimum absolute atomic E-state index is 0. The van der Waals surface area contributed by atoms with Crippen LogP contribution in [0.1, 0.15) is 12.8 Å². The van der Waals surface area contributed by atoms with Crippen molar-refractivity contribution in [3.63, 3.8) is 0 Å². The Morgan fingerprint density at radius 1 is 1.35 bits per heavy atom. The number of carbonyl (C=O) groups excluding carboxylic acids is 2. The Bertz CT molecular complexity index is 575. The summed E-state index contributed by atoms with van der Waals surface area (Å²) in [5.41, 5.74) is 0.759. The van der Waals surface area contributed by atoms with Gasteiger partial charge in [0, 0.05) is 13.1 Å². The second kappa shape index (κ2) is 7.66. The number of nitrogens with one attached hydrogen (secondary N) is 2. The Balaban J connectivity index is 0.00000192. The van der Waals surface area contributed by atoms with Crippen LogP contribution in [0.15, 0.2) is 24.3 Å². The smallest absolute Gasteiger partial charge is 0.249 e. The summed E-state index contributed by atoms with van der Waals surface area (Å²) in [5, 5.41) is 6.06. The van der Waals surface area contributed by atoms with Gasteiger partial charge in [0.1, 0.15) is 11.8 Å². The van der Waals surface area contributed by atoms with E-state index in [1.165, 1.54) is 0 Å². The fraction of sp³-hybridized carbons (Fsp3) is 0.500. The second-order valence-corrected chi connectivity index (χ2v) is 5.70. The van der Waals surface area contributed by atoms with Gasteiger partial charge >= 0.3 is 0 Å². The maximum Gasteiger partial charge on any atom is 0.249 e. The van der Waals surface area contributed by atoms with Gasteiger partial charge in [0.15, 0.2) is 0 Å². The highest BCUT2D eigenvalue weighted by atomic mass is 35.5. The number of benzene rings is 1. The molecule has 2 aliphatic rings. The van der Waals surface area contributed by atoms with Gasteiger partial charge < -0.3 is 20.3 Å². The predicted octanol–water partition coefficient (Wildman–Crippen LogP) is 0.948. The first kappa shape index (κ1) is 17.6. The summed E-state index contributed by atoms with van der Waals surface area (Å²) in [5.74, 6) is 0.560. The molecule has 23 heavy (non-hydrogen) atoms. The van der Waals surface area contributed by atoms with Crippen molar-refractivity contribution in [1.29, 1.82) is 0 Å². The molecule has 2 fully saturated rings. The van der Waals surface area contributed by atoms with E-state index in [2.05, 4.69) is 10.6 Å². The molecule has 2 N–H and O–H groups in total. The van der Waals surface area contributed by atoms with Crippen LogP contribution in [-0.4, -0.2) is 44.6 Å². The zero-order chi connectivity index (χ0) is 15.5. The molecule has 126 valence electrons. The zero-order valence-electron chi connectivity index (χ0n) is 13.1. The summed E-state index contributed by atoms with van der Waals surface area (Å²) in [6.45, 7) is 2.15. The molecule has 1 aromatic rings. The van der Waals surface area contributed by atoms with Crippen molar-refractivity contribution in [2.75, 3.05) is 31.6 Å². The van der Waals surface area contributed by atoms with Crippen molar-refractivity contribution < 1.29 is 14.3 Å². The Morgan fingerprint density at radius 3 is 2.83 bits per heavy atom. The molecule has 2 saturated heterocycles. The van der Waals surface area contributed by atoms with Crippen molar-refractivity contribution in [2.24, 2.45) is 5.92 Å². The third kappa shape index (κ3) is 3.59. The number of anilines is 1. The van der Waals surface area contributed by atoms with E-state index in [1.807, 2.05) is 24.3 Å². The van der Waals surface area contributed by atoms with Crippen molar-refractivity contribution in [1.82, 2.24) is 10.6 Å². The molecule has 0 aromatic heterocycles. The predicted molar refractivity (Wildman–Crippen MR) is 90.1 cm³/mol. The van der Waals surface area contributed by atoms with E-state index in [0.717, 1.165) is 18.7 Å². The van der Waals surface area contributed by atoms with Gasteiger partial charge in [-0.25, -0.2) is 0 Å². The number of amides is 2. The molecule has 0 bridgehead atoms. The monoisotopic (exact) mass is 339 g/mol. The second-order valence-electron chi connectivity index (χ2n) is 5.70. The molecule has 7 heteroatoms. The van der Waals surface area contributed by atoms with E-state index in [4.69, 9.17) is 4.74 Å². The first-order valence-corrected chi connectivity index (χ1v) is 7.66. The lowest BCUT2D eigenvalue weighted by Crippen LogP contribution is -2.44. The molecule has 2 heterocycles. The van der Waals surface area contributed by atoms with E-state index in [9.17, 15) is 9.59 Å². The molecule has 2 atom stereocenters. The molecule has 1 aromatic carbocycles. The summed E-state index contributed by atoms with van der Waals surface area (Å²) in [4.78, 5) is 26.4. The number of rotatable bonds is 4. The minimum atomic E-state index is -0.432. The van der Waals surface area contributed by atoms with Gasteiger partial charge in [-0.15, -0.1) is 12.4 Å². The molecule has 0 saturated carbocycles. The van der Waals surface area contributed by atoms with E-state index in [1.54, 1.807) is 12.0 Å². The van der Waals surface area contributed by atoms with Crippen molar-refractivity contribution >= 4 is 29.9 Å². The average molecular weight is 340 g/mol. The summed E-state index contributed by atoms with van der Waals surface area (Å²) in [6, 6.07) is 7.01. The van der Waals surface area contributed by atoms with Crippen molar-refractivity contribution in [2.45, 2.75) is 18.9 Å². The van der Waals surface area contributed by atoms with Crippen LogP contribution < -0.4 is 20.3 Å². The highest BCUT2D eigenvalue weighted by Crippen LogP contribution is 2.31. The number of para-hydroxylation sites is 2. The maximum absolute atomic E-state index is 12.6. The minimum Gasteiger partial charge on any atom is -0.495 e. The summed E-state index contributed by atoms with van der Waals surface area (Å²) < 4.78 is 5.31. The SMILES string of the molecule is COc1ccccc1N1CCC(NC(=O)C2CCNC2)C1=O.Cl. The van der Waals surface area contributed by atoms with Gasteiger partial charge in [0.25, 0.3) is 0 Å². The van der Waals surface area contributed by atoms with Crippen LogP contribution in [0.25, 0.3) is 0 Å². The van der Waals surface area contributed by atoms with Crippen LogP contribution in [0.2, 0.25) is 0 Å². The number of carbonyl (C=O) groups is 2. The molecule has 0 aliphatic carbocycles. The van der Waals surface area contributed by atoms with Crippen LogP contribution in [0.5, 0.6) is 5.75 Å². The van der Waals surface area contributed by atoms with Crippen LogP contribution in [0.3, 0.4) is 0 Å². The summed E-state index contributed by atoms with van der Waals surface area (Å²) in [7, 11) is 1.59. The molecular weight excluding hydrogens is 318 g/mol. The van der Waals surface area contributed by atoms with Crippen LogP contribution in [-0.2, 0) is 9.59 Å². The van der Waals surface area contributed by atoms with Crippen LogP contribution in [0, 0.1) is 5.92 Å². The van der Waals surface area contributed by atoms with Gasteiger partial charge in [0.05, 0.1) is 18.7 Å². The standard InChI is InChI=1S/C16H21N3O3.ClH/c1-22-14-5-3-2-4-13(14)19-9-7-12(16(19)21)18-15(20)11-6-8-17-10-11;/h2-5,11-12,17H,6-10H2,1H3,(H,18,20);1H. The number of hydrogen-bond acceptors (Lipinski definition) is 4. The fourth-order valence-corrected chi connectivity index (χ4v) is 3.07. The first-order valence-electron chi connectivity index (χ1n) is 7.66. The summed E-state index contributed by atoms with van der Waals surface area (Å²) in [6.07, 6.45) is 1.46. The third-order valence-electron chi connectivity index (χ3n) is 4.33. The molecule has 6 nitrogen and oxygen atoms in total. The molecule has 3 rings (SSSR count). The van der Waals surface area contributed by atoms with Crippen LogP contribution in [0.4, 0.5) is 5.69 Å². The number of methoxy groups -OCH3 is 1. The lowest BCUT2D eigenvalue weighted by Gasteiger charge is -2.20. The van der Waals surface area contributed by atoms with Crippen molar-refractivity contribution in [3.8, 4) is 5.75 Å². The van der Waals surface area contributed by atoms with Gasteiger partial charge in [-0.05, 0) is 31.5 Å². The molecular formula is C16H22ClN3O3. The highest BCUT2D eigenvalue weighted by Gasteiger charge is 2.36. The fourth-order valence-electron chi connectivity index (χ4n) is 3.07. The molecule has 0 radical (unpaired) electrons. The molecule has 2 unspecified atom stereocenters. The Morgan fingerprint density at radius 2 is 2.13 bits per heavy atom. The van der Waals surface area contributed by atoms with Crippen molar-refractivity contribution in [3.05, 3.63) is 24.3 Å². The maximum atomic E-state index is 12.6. The lowest BCUT2D eigenvalue weighted by molar-refractivity contribution is -0.128. The van der Waals surface area contributed by atoms with Gasteiger partial charge in [-0.3, -0.25) is 9.59 Å². The summed E-state index contributed by atoms with van der Waals surface area (Å²) >= 11 is 0. The largest absolute Gasteiger partial charge is 0.495 e. The topological polar surface area (TPSA) is 70.7 Å².